The zero-order valence-corrected chi connectivity index (χ0v) is 11.1. The molecule has 0 amide bonds. The largest absolute Gasteiger partial charge is 0.433 e. The monoisotopic (exact) mass is 302 g/mol. The summed E-state index contributed by atoms with van der Waals surface area (Å²) in [5.74, 6) is 0.464. The Kier molecular flexibility index (Phi) is 4.55. The van der Waals surface area contributed by atoms with Crippen molar-refractivity contribution in [3.05, 3.63) is 24.0 Å². The van der Waals surface area contributed by atoms with E-state index in [2.05, 4.69) is 35.3 Å². The molecule has 0 saturated carbocycles. The number of hydrogen-bond donors (Lipinski definition) is 2. The van der Waals surface area contributed by atoms with Crippen LogP contribution in [0, 0.1) is 0 Å². The molecule has 0 aliphatic rings. The number of rotatable bonds is 6. The number of nitrogens with one attached hydrogen (secondary N) is 2. The molecule has 10 heteroatoms. The van der Waals surface area contributed by atoms with Crippen molar-refractivity contribution in [3.63, 3.8) is 0 Å². The molecule has 0 atom stereocenters. The molecule has 0 bridgehead atoms. The molecule has 21 heavy (non-hydrogen) atoms. The second-order valence-corrected chi connectivity index (χ2v) is 4.01. The van der Waals surface area contributed by atoms with Gasteiger partial charge < -0.3 is 15.2 Å². The maximum Gasteiger partial charge on any atom is 0.433 e. The van der Waals surface area contributed by atoms with Crippen molar-refractivity contribution in [1.82, 2.24) is 20.1 Å². The molecule has 2 aromatic rings. The van der Waals surface area contributed by atoms with Gasteiger partial charge in [-0.25, -0.2) is 4.98 Å². The third kappa shape index (κ3) is 4.29. The number of hydrogen-bond acceptors (Lipinski definition) is 7. The third-order valence-corrected chi connectivity index (χ3v) is 2.41. The van der Waals surface area contributed by atoms with Crippen molar-refractivity contribution in [2.45, 2.75) is 19.5 Å². The first kappa shape index (κ1) is 15.0. The van der Waals surface area contributed by atoms with Crippen molar-refractivity contribution in [2.24, 2.45) is 0 Å². The highest BCUT2D eigenvalue weighted by atomic mass is 19.4. The number of alkyl halides is 3. The molecule has 0 aliphatic heterocycles. The first-order valence-corrected chi connectivity index (χ1v) is 6.18. The summed E-state index contributed by atoms with van der Waals surface area (Å²) in [6.45, 7) is 2.48. The summed E-state index contributed by atoms with van der Waals surface area (Å²) in [7, 11) is 0. The lowest BCUT2D eigenvalue weighted by atomic mass is 10.3. The fourth-order valence-corrected chi connectivity index (χ4v) is 1.53. The van der Waals surface area contributed by atoms with Gasteiger partial charge in [0, 0.05) is 25.6 Å². The molecule has 0 aliphatic carbocycles. The number of aromatic nitrogens is 4. The van der Waals surface area contributed by atoms with E-state index in [9.17, 15) is 13.2 Å². The van der Waals surface area contributed by atoms with Crippen LogP contribution in [-0.2, 0) is 12.6 Å². The first-order chi connectivity index (χ1) is 9.99. The Labute approximate surface area is 118 Å². The van der Waals surface area contributed by atoms with Gasteiger partial charge in [0.1, 0.15) is 5.82 Å². The quantitative estimate of drug-likeness (QED) is 0.843. The standard InChI is InChI=1S/C11H13F3N6O/c1-2-15-10-18-7(11(12,13)14)5-9(19-10)16-4-3-8-17-6-21-20-8/h5-6H,2-4H2,1H3,(H2,15,16,18,19). The minimum atomic E-state index is -4.53. The summed E-state index contributed by atoms with van der Waals surface area (Å²) in [5, 5.41) is 9.04. The number of anilines is 2. The maximum atomic E-state index is 12.8. The summed E-state index contributed by atoms with van der Waals surface area (Å²) in [6, 6.07) is 0.858. The minimum Gasteiger partial charge on any atom is -0.369 e. The van der Waals surface area contributed by atoms with Gasteiger partial charge in [-0.2, -0.15) is 23.1 Å². The van der Waals surface area contributed by atoms with Crippen LogP contribution in [0.3, 0.4) is 0 Å². The van der Waals surface area contributed by atoms with E-state index in [-0.39, 0.29) is 11.8 Å². The molecule has 2 N–H and O–H groups in total. The van der Waals surface area contributed by atoms with Gasteiger partial charge in [-0.05, 0) is 6.92 Å². The highest BCUT2D eigenvalue weighted by molar-refractivity contribution is 5.43. The Morgan fingerprint density at radius 3 is 2.67 bits per heavy atom. The average molecular weight is 302 g/mol. The Morgan fingerprint density at radius 2 is 2.05 bits per heavy atom. The molecule has 2 heterocycles. The number of halogens is 3. The number of nitrogens with zero attached hydrogens (tertiary/aromatic N) is 4. The van der Waals surface area contributed by atoms with Crippen LogP contribution in [0.15, 0.2) is 17.0 Å². The normalized spacial score (nSPS) is 11.4. The second-order valence-electron chi connectivity index (χ2n) is 4.01. The van der Waals surface area contributed by atoms with E-state index < -0.39 is 11.9 Å². The SMILES string of the molecule is CCNc1nc(NCCc2ncon2)cc(C(F)(F)F)n1. The minimum absolute atomic E-state index is 0.0746. The lowest BCUT2D eigenvalue weighted by Gasteiger charge is -2.11. The fraction of sp³-hybridized carbons (Fsp3) is 0.455. The van der Waals surface area contributed by atoms with Crippen LogP contribution in [0.25, 0.3) is 0 Å². The summed E-state index contributed by atoms with van der Waals surface area (Å²) >= 11 is 0. The van der Waals surface area contributed by atoms with E-state index >= 15 is 0 Å². The van der Waals surface area contributed by atoms with Crippen LogP contribution in [-0.4, -0.2) is 33.2 Å². The highest BCUT2D eigenvalue weighted by Crippen LogP contribution is 2.29. The Hall–Kier alpha value is -2.39. The predicted molar refractivity (Wildman–Crippen MR) is 67.7 cm³/mol. The van der Waals surface area contributed by atoms with Crippen LogP contribution in [0.2, 0.25) is 0 Å². The van der Waals surface area contributed by atoms with E-state index in [0.29, 0.717) is 25.3 Å². The summed E-state index contributed by atoms with van der Waals surface area (Å²) in [4.78, 5) is 11.2. The molecule has 0 radical (unpaired) electrons. The van der Waals surface area contributed by atoms with Crippen LogP contribution in [0.4, 0.5) is 24.9 Å². The first-order valence-electron chi connectivity index (χ1n) is 6.18. The molecular formula is C11H13F3N6O. The van der Waals surface area contributed by atoms with Gasteiger partial charge in [-0.1, -0.05) is 5.16 Å². The third-order valence-electron chi connectivity index (χ3n) is 2.41. The van der Waals surface area contributed by atoms with E-state index in [1.54, 1.807) is 6.92 Å². The van der Waals surface area contributed by atoms with E-state index in [1.165, 1.54) is 6.39 Å². The lowest BCUT2D eigenvalue weighted by molar-refractivity contribution is -0.141. The van der Waals surface area contributed by atoms with Crippen LogP contribution in [0.5, 0.6) is 0 Å². The molecule has 0 saturated heterocycles. The van der Waals surface area contributed by atoms with Crippen LogP contribution < -0.4 is 10.6 Å². The molecule has 0 fully saturated rings. The lowest BCUT2D eigenvalue weighted by Crippen LogP contribution is -2.15. The van der Waals surface area contributed by atoms with Crippen LogP contribution in [0.1, 0.15) is 18.4 Å². The molecule has 0 spiro atoms. The van der Waals surface area contributed by atoms with Crippen molar-refractivity contribution in [3.8, 4) is 0 Å². The Bertz CT molecular complexity index is 572. The van der Waals surface area contributed by atoms with Gasteiger partial charge in [0.05, 0.1) is 0 Å². The Morgan fingerprint density at radius 1 is 1.24 bits per heavy atom. The molecule has 0 unspecified atom stereocenters. The van der Waals surface area contributed by atoms with E-state index in [4.69, 9.17) is 0 Å². The zero-order valence-electron chi connectivity index (χ0n) is 11.1. The second kappa shape index (κ2) is 6.37. The van der Waals surface area contributed by atoms with Crippen LogP contribution >= 0.6 is 0 Å². The molecule has 2 aromatic heterocycles. The molecular weight excluding hydrogens is 289 g/mol. The summed E-state index contributed by atoms with van der Waals surface area (Å²) in [5.41, 5.74) is -1.00. The molecule has 0 aromatic carbocycles. The summed E-state index contributed by atoms with van der Waals surface area (Å²) < 4.78 is 42.8. The van der Waals surface area contributed by atoms with Crippen molar-refractivity contribution in [1.29, 1.82) is 0 Å². The van der Waals surface area contributed by atoms with Crippen molar-refractivity contribution < 1.29 is 17.7 Å². The van der Waals surface area contributed by atoms with E-state index in [0.717, 1.165) is 6.07 Å². The Balaban J connectivity index is 2.08. The topological polar surface area (TPSA) is 88.8 Å². The van der Waals surface area contributed by atoms with Gasteiger partial charge in [0.2, 0.25) is 12.3 Å². The molecule has 2 rings (SSSR count). The van der Waals surface area contributed by atoms with E-state index in [1.807, 2.05) is 0 Å². The fourth-order valence-electron chi connectivity index (χ4n) is 1.53. The molecule has 7 nitrogen and oxygen atoms in total. The van der Waals surface area contributed by atoms with Crippen molar-refractivity contribution in [2.75, 3.05) is 23.7 Å². The van der Waals surface area contributed by atoms with Gasteiger partial charge in [0.25, 0.3) is 0 Å². The van der Waals surface area contributed by atoms with Crippen molar-refractivity contribution >= 4 is 11.8 Å². The predicted octanol–water partition coefficient (Wildman–Crippen LogP) is 1.96. The average Bonchev–Trinajstić information content (AvgIpc) is 2.91. The van der Waals surface area contributed by atoms with Gasteiger partial charge >= 0.3 is 6.18 Å². The van der Waals surface area contributed by atoms with Gasteiger partial charge in [-0.3, -0.25) is 0 Å². The van der Waals surface area contributed by atoms with Gasteiger partial charge in [-0.15, -0.1) is 0 Å². The van der Waals surface area contributed by atoms with Gasteiger partial charge in [0.15, 0.2) is 11.5 Å². The zero-order chi connectivity index (χ0) is 15.3. The molecule has 114 valence electrons. The summed E-state index contributed by atoms with van der Waals surface area (Å²) in [6.07, 6.45) is -2.94. The highest BCUT2D eigenvalue weighted by Gasteiger charge is 2.33. The smallest absolute Gasteiger partial charge is 0.369 e. The maximum absolute atomic E-state index is 12.8.